The zero-order chi connectivity index (χ0) is 26.2. The smallest absolute Gasteiger partial charge is 0.280 e. The highest BCUT2D eigenvalue weighted by Gasteiger charge is 2.33. The average Bonchev–Trinajstić information content (AvgIpc) is 2.84. The van der Waals surface area contributed by atoms with Crippen molar-refractivity contribution in [3.05, 3.63) is 79.4 Å². The van der Waals surface area contributed by atoms with E-state index in [0.29, 0.717) is 18.9 Å². The van der Waals surface area contributed by atoms with E-state index in [9.17, 15) is 28.6 Å². The molecule has 0 spiro atoms. The number of piperazine rings is 1. The zero-order valence-corrected chi connectivity index (χ0v) is 20.7. The SMILES string of the molecule is Cc1ccc(-c2ccc(N3CCN(S(=O)(=O)c4cc([N+](=O)[O-])c(C)c([N+](=O)[O-])c4)CC3)nn2)c(C)c1. The third kappa shape index (κ3) is 4.75. The molecule has 0 amide bonds. The van der Waals surface area contributed by atoms with Gasteiger partial charge >= 0.3 is 0 Å². The highest BCUT2D eigenvalue weighted by molar-refractivity contribution is 7.89. The number of hydrogen-bond donors (Lipinski definition) is 0. The summed E-state index contributed by atoms with van der Waals surface area (Å²) < 4.78 is 27.5. The van der Waals surface area contributed by atoms with Gasteiger partial charge in [0, 0.05) is 43.9 Å². The minimum atomic E-state index is -4.19. The normalized spacial score (nSPS) is 14.6. The van der Waals surface area contributed by atoms with E-state index in [1.54, 1.807) is 0 Å². The van der Waals surface area contributed by atoms with Gasteiger partial charge in [0.1, 0.15) is 5.56 Å². The molecule has 3 aromatic rings. The van der Waals surface area contributed by atoms with E-state index >= 15 is 0 Å². The Balaban J connectivity index is 1.51. The summed E-state index contributed by atoms with van der Waals surface area (Å²) in [6, 6.07) is 11.5. The summed E-state index contributed by atoms with van der Waals surface area (Å²) in [6.07, 6.45) is 0. The molecule has 36 heavy (non-hydrogen) atoms. The van der Waals surface area contributed by atoms with Gasteiger partial charge in [-0.05, 0) is 38.5 Å². The van der Waals surface area contributed by atoms with Gasteiger partial charge in [-0.25, -0.2) is 8.42 Å². The lowest BCUT2D eigenvalue weighted by Gasteiger charge is -2.34. The fourth-order valence-electron chi connectivity index (χ4n) is 4.23. The van der Waals surface area contributed by atoms with Crippen molar-refractivity contribution in [1.82, 2.24) is 14.5 Å². The molecule has 0 unspecified atom stereocenters. The van der Waals surface area contributed by atoms with E-state index < -0.39 is 36.1 Å². The quantitative estimate of drug-likeness (QED) is 0.357. The molecule has 1 aliphatic rings. The molecule has 12 nitrogen and oxygen atoms in total. The molecular weight excluding hydrogens is 488 g/mol. The summed E-state index contributed by atoms with van der Waals surface area (Å²) in [7, 11) is -4.19. The number of anilines is 1. The van der Waals surface area contributed by atoms with Crippen LogP contribution >= 0.6 is 0 Å². The van der Waals surface area contributed by atoms with Gasteiger partial charge in [-0.1, -0.05) is 23.8 Å². The molecule has 1 aromatic heterocycles. The molecule has 1 fully saturated rings. The first-order valence-electron chi connectivity index (χ1n) is 11.1. The monoisotopic (exact) mass is 512 g/mol. The number of hydrogen-bond acceptors (Lipinski definition) is 9. The van der Waals surface area contributed by atoms with Crippen molar-refractivity contribution in [3.8, 4) is 11.3 Å². The molecule has 13 heteroatoms. The molecule has 1 aliphatic heterocycles. The van der Waals surface area contributed by atoms with Crippen LogP contribution in [0.1, 0.15) is 16.7 Å². The molecule has 2 heterocycles. The van der Waals surface area contributed by atoms with Gasteiger partial charge in [-0.2, -0.15) is 4.31 Å². The highest BCUT2D eigenvalue weighted by atomic mass is 32.2. The van der Waals surface area contributed by atoms with E-state index in [2.05, 4.69) is 16.3 Å². The van der Waals surface area contributed by atoms with Gasteiger partial charge in [-0.15, -0.1) is 10.2 Å². The van der Waals surface area contributed by atoms with E-state index in [4.69, 9.17) is 0 Å². The second kappa shape index (κ2) is 9.59. The van der Waals surface area contributed by atoms with Crippen molar-refractivity contribution < 1.29 is 18.3 Å². The maximum absolute atomic E-state index is 13.2. The van der Waals surface area contributed by atoms with Crippen LogP contribution in [0.5, 0.6) is 0 Å². The molecule has 0 N–H and O–H groups in total. The van der Waals surface area contributed by atoms with Crippen molar-refractivity contribution in [3.63, 3.8) is 0 Å². The summed E-state index contributed by atoms with van der Waals surface area (Å²) >= 11 is 0. The number of nitro benzene ring substituents is 2. The van der Waals surface area contributed by atoms with Crippen molar-refractivity contribution in [2.45, 2.75) is 25.7 Å². The summed E-state index contributed by atoms with van der Waals surface area (Å²) in [5.74, 6) is 0.599. The fraction of sp³-hybridized carbons (Fsp3) is 0.304. The minimum Gasteiger partial charge on any atom is -0.352 e. The third-order valence-corrected chi connectivity index (χ3v) is 8.10. The molecule has 0 radical (unpaired) electrons. The van der Waals surface area contributed by atoms with Crippen LogP contribution in [-0.2, 0) is 10.0 Å². The fourth-order valence-corrected chi connectivity index (χ4v) is 5.70. The van der Waals surface area contributed by atoms with Crippen LogP contribution in [0.2, 0.25) is 0 Å². The minimum absolute atomic E-state index is 0.0817. The standard InChI is InChI=1S/C23H24N6O6S/c1-15-4-5-19(16(2)12-15)20-6-7-23(25-24-20)26-8-10-27(11-9-26)36(34,35)18-13-21(28(30)31)17(3)22(14-18)29(32)33/h4-7,12-14H,8-11H2,1-3H3. The predicted molar refractivity (Wildman–Crippen MR) is 132 cm³/mol. The second-order valence-electron chi connectivity index (χ2n) is 8.59. The predicted octanol–water partition coefficient (Wildman–Crippen LogP) is 3.40. The maximum atomic E-state index is 13.2. The lowest BCUT2D eigenvalue weighted by Crippen LogP contribution is -2.49. The van der Waals surface area contributed by atoms with Gasteiger partial charge in [0.05, 0.1) is 20.4 Å². The van der Waals surface area contributed by atoms with E-state index in [1.165, 1.54) is 11.2 Å². The van der Waals surface area contributed by atoms with Gasteiger partial charge in [-0.3, -0.25) is 20.2 Å². The van der Waals surface area contributed by atoms with Gasteiger partial charge < -0.3 is 4.90 Å². The Morgan fingerprint density at radius 3 is 1.94 bits per heavy atom. The van der Waals surface area contributed by atoms with Crippen molar-refractivity contribution in [2.75, 3.05) is 31.1 Å². The van der Waals surface area contributed by atoms with Crippen molar-refractivity contribution >= 4 is 27.2 Å². The third-order valence-electron chi connectivity index (χ3n) is 6.23. The first kappa shape index (κ1) is 25.1. The largest absolute Gasteiger partial charge is 0.352 e. The number of aromatic nitrogens is 2. The zero-order valence-electron chi connectivity index (χ0n) is 19.9. The molecule has 188 valence electrons. The molecular formula is C23H24N6O6S. The number of sulfonamides is 1. The maximum Gasteiger partial charge on any atom is 0.280 e. The Labute approximate surface area is 207 Å². The number of benzene rings is 2. The second-order valence-corrected chi connectivity index (χ2v) is 10.5. The van der Waals surface area contributed by atoms with Crippen LogP contribution in [0.15, 0.2) is 47.4 Å². The molecule has 0 aliphatic carbocycles. The average molecular weight is 513 g/mol. The summed E-state index contributed by atoms with van der Waals surface area (Å²) in [6.45, 7) is 6.04. The summed E-state index contributed by atoms with van der Waals surface area (Å²) in [5.41, 5.74) is 2.55. The van der Waals surface area contributed by atoms with Gasteiger partial charge in [0.15, 0.2) is 5.82 Å². The Kier molecular flexibility index (Phi) is 6.69. The van der Waals surface area contributed by atoms with E-state index in [0.717, 1.165) is 34.5 Å². The Hall–Kier alpha value is -3.97. The molecule has 2 aromatic carbocycles. The Morgan fingerprint density at radius 1 is 0.833 bits per heavy atom. The Bertz CT molecular complexity index is 1420. The molecule has 0 atom stereocenters. The van der Waals surface area contributed by atoms with Crippen LogP contribution in [0.4, 0.5) is 17.2 Å². The summed E-state index contributed by atoms with van der Waals surface area (Å²) in [5, 5.41) is 31.4. The van der Waals surface area contributed by atoms with Crippen LogP contribution in [0.3, 0.4) is 0 Å². The summed E-state index contributed by atoms with van der Waals surface area (Å²) in [4.78, 5) is 22.5. The first-order valence-corrected chi connectivity index (χ1v) is 12.5. The topological polar surface area (TPSA) is 153 Å². The molecule has 0 saturated carbocycles. The lowest BCUT2D eigenvalue weighted by atomic mass is 10.0. The lowest BCUT2D eigenvalue weighted by molar-refractivity contribution is -0.395. The number of nitro groups is 2. The Morgan fingerprint density at radius 2 is 1.44 bits per heavy atom. The number of nitrogens with zero attached hydrogens (tertiary/aromatic N) is 6. The molecule has 1 saturated heterocycles. The van der Waals surface area contributed by atoms with Crippen molar-refractivity contribution in [2.24, 2.45) is 0 Å². The van der Waals surface area contributed by atoms with Crippen LogP contribution < -0.4 is 4.90 Å². The first-order chi connectivity index (χ1) is 17.0. The van der Waals surface area contributed by atoms with E-state index in [1.807, 2.05) is 43.0 Å². The molecule has 0 bridgehead atoms. The molecule has 4 rings (SSSR count). The van der Waals surface area contributed by atoms with E-state index in [-0.39, 0.29) is 18.7 Å². The number of rotatable bonds is 6. The van der Waals surface area contributed by atoms with Gasteiger partial charge in [0.2, 0.25) is 10.0 Å². The van der Waals surface area contributed by atoms with Crippen LogP contribution in [0, 0.1) is 41.0 Å². The van der Waals surface area contributed by atoms with Crippen LogP contribution in [-0.4, -0.2) is 58.9 Å². The van der Waals surface area contributed by atoms with Crippen molar-refractivity contribution in [1.29, 1.82) is 0 Å². The van der Waals surface area contributed by atoms with Crippen LogP contribution in [0.25, 0.3) is 11.3 Å². The highest BCUT2D eigenvalue weighted by Crippen LogP contribution is 2.33. The number of aryl methyl sites for hydroxylation is 2. The van der Waals surface area contributed by atoms with Gasteiger partial charge in [0.25, 0.3) is 11.4 Å².